The van der Waals surface area contributed by atoms with E-state index in [1.165, 1.54) is 4.90 Å². The van der Waals surface area contributed by atoms with E-state index in [1.807, 2.05) is 13.8 Å². The SMILES string of the molecule is CCOc1ccccc1N(CC(=O)N(C)C1CCCCC1O)S(=O)(=O)c1ccc(C)cc1. The van der Waals surface area contributed by atoms with E-state index in [4.69, 9.17) is 4.74 Å². The summed E-state index contributed by atoms with van der Waals surface area (Å²) < 4.78 is 34.1. The van der Waals surface area contributed by atoms with E-state index < -0.39 is 16.1 Å². The Morgan fingerprint density at radius 1 is 1.09 bits per heavy atom. The number of aliphatic hydroxyl groups excluding tert-OH is 1. The first-order valence-corrected chi connectivity index (χ1v) is 12.4. The molecule has 2 unspecified atom stereocenters. The van der Waals surface area contributed by atoms with Crippen molar-refractivity contribution in [3.63, 3.8) is 0 Å². The van der Waals surface area contributed by atoms with Crippen molar-refractivity contribution >= 4 is 21.6 Å². The second-order valence-electron chi connectivity index (χ2n) is 8.15. The quantitative estimate of drug-likeness (QED) is 0.653. The van der Waals surface area contributed by atoms with Crippen molar-refractivity contribution in [1.29, 1.82) is 0 Å². The number of aliphatic hydroxyl groups is 1. The lowest BCUT2D eigenvalue weighted by Gasteiger charge is -2.36. The molecule has 1 fully saturated rings. The summed E-state index contributed by atoms with van der Waals surface area (Å²) in [5.41, 5.74) is 1.24. The van der Waals surface area contributed by atoms with E-state index in [0.717, 1.165) is 22.7 Å². The Labute approximate surface area is 190 Å². The Balaban J connectivity index is 1.99. The number of aryl methyl sites for hydroxylation is 1. The molecule has 2 aromatic rings. The van der Waals surface area contributed by atoms with Gasteiger partial charge < -0.3 is 14.7 Å². The van der Waals surface area contributed by atoms with Crippen molar-refractivity contribution < 1.29 is 23.1 Å². The zero-order valence-electron chi connectivity index (χ0n) is 18.9. The maximum Gasteiger partial charge on any atom is 0.264 e. The molecule has 0 aliphatic heterocycles. The van der Waals surface area contributed by atoms with Gasteiger partial charge in [-0.05, 0) is 51.0 Å². The lowest BCUT2D eigenvalue weighted by molar-refractivity contribution is -0.133. The normalized spacial score (nSPS) is 18.8. The number of hydrogen-bond donors (Lipinski definition) is 1. The standard InChI is InChI=1S/C24H32N2O5S/c1-4-31-23-12-8-6-10-21(23)26(32(29,30)19-15-13-18(2)14-16-19)17-24(28)25(3)20-9-5-7-11-22(20)27/h6,8,10,12-16,20,22,27H,4-5,7,9,11,17H2,1-3H3. The van der Waals surface area contributed by atoms with Crippen LogP contribution in [0, 0.1) is 6.92 Å². The van der Waals surface area contributed by atoms with Crippen molar-refractivity contribution in [2.45, 2.75) is 56.6 Å². The molecule has 0 bridgehead atoms. The molecule has 1 aliphatic carbocycles. The van der Waals surface area contributed by atoms with Gasteiger partial charge in [-0.15, -0.1) is 0 Å². The van der Waals surface area contributed by atoms with Crippen LogP contribution in [-0.4, -0.2) is 56.7 Å². The van der Waals surface area contributed by atoms with Gasteiger partial charge in [-0.3, -0.25) is 9.10 Å². The smallest absolute Gasteiger partial charge is 0.264 e. The van der Waals surface area contributed by atoms with Gasteiger partial charge in [0.1, 0.15) is 12.3 Å². The Kier molecular flexibility index (Phi) is 7.79. The summed E-state index contributed by atoms with van der Waals surface area (Å²) in [4.78, 5) is 14.8. The molecule has 3 rings (SSSR count). The first-order valence-electron chi connectivity index (χ1n) is 11.0. The van der Waals surface area contributed by atoms with Gasteiger partial charge in [0.05, 0.1) is 29.3 Å². The van der Waals surface area contributed by atoms with Gasteiger partial charge in [-0.1, -0.05) is 42.7 Å². The Morgan fingerprint density at radius 2 is 1.75 bits per heavy atom. The average molecular weight is 461 g/mol. The molecule has 1 saturated carbocycles. The third-order valence-corrected chi connectivity index (χ3v) is 7.68. The highest BCUT2D eigenvalue weighted by Crippen LogP contribution is 2.33. The molecule has 2 aromatic carbocycles. The number of carbonyl (C=O) groups is 1. The van der Waals surface area contributed by atoms with Gasteiger partial charge in [0.25, 0.3) is 10.0 Å². The highest BCUT2D eigenvalue weighted by molar-refractivity contribution is 7.92. The van der Waals surface area contributed by atoms with E-state index in [0.29, 0.717) is 30.9 Å². The van der Waals surface area contributed by atoms with Crippen molar-refractivity contribution in [2.75, 3.05) is 24.5 Å². The summed E-state index contributed by atoms with van der Waals surface area (Å²) >= 11 is 0. The van der Waals surface area contributed by atoms with E-state index in [2.05, 4.69) is 0 Å². The van der Waals surface area contributed by atoms with Crippen LogP contribution in [0.2, 0.25) is 0 Å². The zero-order valence-corrected chi connectivity index (χ0v) is 19.7. The average Bonchev–Trinajstić information content (AvgIpc) is 2.78. The number of amides is 1. The van der Waals surface area contributed by atoms with Gasteiger partial charge >= 0.3 is 0 Å². The van der Waals surface area contributed by atoms with Gasteiger partial charge in [-0.25, -0.2) is 8.42 Å². The van der Waals surface area contributed by atoms with Crippen molar-refractivity contribution in [3.05, 3.63) is 54.1 Å². The molecule has 0 heterocycles. The predicted molar refractivity (Wildman–Crippen MR) is 124 cm³/mol. The predicted octanol–water partition coefficient (Wildman–Crippen LogP) is 3.35. The molecule has 1 aliphatic rings. The third kappa shape index (κ3) is 5.24. The molecular formula is C24H32N2O5S. The summed E-state index contributed by atoms with van der Waals surface area (Å²) in [6.07, 6.45) is 2.59. The van der Waals surface area contributed by atoms with Gasteiger partial charge in [0.2, 0.25) is 5.91 Å². The molecule has 8 heteroatoms. The number of carbonyl (C=O) groups excluding carboxylic acids is 1. The van der Waals surface area contributed by atoms with Crippen LogP contribution in [0.4, 0.5) is 5.69 Å². The van der Waals surface area contributed by atoms with Gasteiger partial charge in [0, 0.05) is 7.05 Å². The Morgan fingerprint density at radius 3 is 2.41 bits per heavy atom. The molecular weight excluding hydrogens is 428 g/mol. The molecule has 1 N–H and O–H groups in total. The van der Waals surface area contributed by atoms with Crippen LogP contribution < -0.4 is 9.04 Å². The third-order valence-electron chi connectivity index (χ3n) is 5.91. The highest BCUT2D eigenvalue weighted by Gasteiger charge is 2.34. The van der Waals surface area contributed by atoms with E-state index >= 15 is 0 Å². The molecule has 0 radical (unpaired) electrons. The van der Waals surface area contributed by atoms with Crippen LogP contribution in [0.15, 0.2) is 53.4 Å². The maximum atomic E-state index is 13.6. The van der Waals surface area contributed by atoms with Gasteiger partial charge in [0.15, 0.2) is 0 Å². The number of likely N-dealkylation sites (N-methyl/N-ethyl adjacent to an activating group) is 1. The monoisotopic (exact) mass is 460 g/mol. The van der Waals surface area contributed by atoms with Crippen molar-refractivity contribution in [1.82, 2.24) is 4.90 Å². The molecule has 0 saturated heterocycles. The number of sulfonamides is 1. The largest absolute Gasteiger partial charge is 0.492 e. The molecule has 0 aromatic heterocycles. The fourth-order valence-corrected chi connectivity index (χ4v) is 5.47. The summed E-state index contributed by atoms with van der Waals surface area (Å²) in [5.74, 6) is 0.0109. The number of ether oxygens (including phenoxy) is 1. The highest BCUT2D eigenvalue weighted by atomic mass is 32.2. The molecule has 2 atom stereocenters. The number of para-hydroxylation sites is 2. The first-order chi connectivity index (χ1) is 15.3. The maximum absolute atomic E-state index is 13.6. The molecule has 0 spiro atoms. The van der Waals surface area contributed by atoms with E-state index in [9.17, 15) is 18.3 Å². The summed E-state index contributed by atoms with van der Waals surface area (Å²) in [7, 11) is -2.41. The lowest BCUT2D eigenvalue weighted by atomic mass is 9.91. The first kappa shape index (κ1) is 24.1. The molecule has 174 valence electrons. The second kappa shape index (κ2) is 10.4. The summed E-state index contributed by atoms with van der Waals surface area (Å²) in [5, 5.41) is 10.4. The number of nitrogens with zero attached hydrogens (tertiary/aromatic N) is 2. The minimum atomic E-state index is -4.04. The van der Waals surface area contributed by atoms with Crippen molar-refractivity contribution in [3.8, 4) is 5.75 Å². The van der Waals surface area contributed by atoms with Crippen molar-refractivity contribution in [2.24, 2.45) is 0 Å². The van der Waals surface area contributed by atoms with Gasteiger partial charge in [-0.2, -0.15) is 0 Å². The fourth-order valence-electron chi connectivity index (χ4n) is 4.04. The number of hydrogen-bond acceptors (Lipinski definition) is 5. The second-order valence-corrected chi connectivity index (χ2v) is 10.0. The molecule has 32 heavy (non-hydrogen) atoms. The van der Waals surface area contributed by atoms with Crippen LogP contribution >= 0.6 is 0 Å². The van der Waals surface area contributed by atoms with E-state index in [1.54, 1.807) is 55.6 Å². The number of rotatable bonds is 8. The Hall–Kier alpha value is -2.58. The molecule has 1 amide bonds. The summed E-state index contributed by atoms with van der Waals surface area (Å²) in [6, 6.07) is 13.0. The van der Waals surface area contributed by atoms with Crippen LogP contribution in [-0.2, 0) is 14.8 Å². The zero-order chi connectivity index (χ0) is 23.3. The Bertz CT molecular complexity index is 1020. The van der Waals surface area contributed by atoms with Crippen LogP contribution in [0.5, 0.6) is 5.75 Å². The summed E-state index contributed by atoms with van der Waals surface area (Å²) in [6.45, 7) is 3.67. The minimum absolute atomic E-state index is 0.0996. The van der Waals surface area contributed by atoms with Crippen LogP contribution in [0.3, 0.4) is 0 Å². The topological polar surface area (TPSA) is 87.2 Å². The number of benzene rings is 2. The fraction of sp³-hybridized carbons (Fsp3) is 0.458. The van der Waals surface area contributed by atoms with Crippen LogP contribution in [0.25, 0.3) is 0 Å². The molecule has 7 nitrogen and oxygen atoms in total. The van der Waals surface area contributed by atoms with E-state index in [-0.39, 0.29) is 23.4 Å². The minimum Gasteiger partial charge on any atom is -0.492 e. The van der Waals surface area contributed by atoms with Crippen LogP contribution in [0.1, 0.15) is 38.2 Å². The number of anilines is 1. The lowest BCUT2D eigenvalue weighted by Crippen LogP contribution is -2.50.